The molecule has 0 aromatic heterocycles. The van der Waals surface area contributed by atoms with E-state index in [1.807, 2.05) is 6.07 Å². The van der Waals surface area contributed by atoms with Crippen LogP contribution in [0.2, 0.25) is 0 Å². The molecule has 100 valence electrons. The maximum absolute atomic E-state index is 13.6. The molecular formula is C14H19BrFNO. The highest BCUT2D eigenvalue weighted by molar-refractivity contribution is 9.10. The van der Waals surface area contributed by atoms with E-state index >= 15 is 0 Å². The van der Waals surface area contributed by atoms with E-state index in [2.05, 4.69) is 21.2 Å². The molecular weight excluding hydrogens is 297 g/mol. The Hall–Kier alpha value is -0.450. The quantitative estimate of drug-likeness (QED) is 0.875. The van der Waals surface area contributed by atoms with Crippen molar-refractivity contribution in [2.24, 2.45) is 11.8 Å². The Morgan fingerprint density at radius 2 is 2.11 bits per heavy atom. The minimum absolute atomic E-state index is 0.179. The van der Waals surface area contributed by atoms with Crippen molar-refractivity contribution in [2.45, 2.75) is 25.8 Å². The molecule has 1 saturated carbocycles. The van der Waals surface area contributed by atoms with Crippen LogP contribution in [0.4, 0.5) is 4.39 Å². The van der Waals surface area contributed by atoms with Crippen LogP contribution in [0, 0.1) is 17.7 Å². The van der Waals surface area contributed by atoms with Crippen molar-refractivity contribution in [1.82, 2.24) is 5.32 Å². The monoisotopic (exact) mass is 315 g/mol. The van der Waals surface area contributed by atoms with Gasteiger partial charge in [-0.2, -0.15) is 0 Å². The first-order valence-electron chi connectivity index (χ1n) is 6.46. The van der Waals surface area contributed by atoms with Crippen LogP contribution < -0.4 is 5.32 Å². The molecule has 0 bridgehead atoms. The number of aliphatic hydroxyl groups is 1. The fraction of sp³-hybridized carbons (Fsp3) is 0.571. The Morgan fingerprint density at radius 3 is 2.83 bits per heavy atom. The van der Waals surface area contributed by atoms with Crippen LogP contribution in [0.5, 0.6) is 0 Å². The average Bonchev–Trinajstić information content (AvgIpc) is 2.79. The smallest absolute Gasteiger partial charge is 0.128 e. The van der Waals surface area contributed by atoms with Gasteiger partial charge >= 0.3 is 0 Å². The molecule has 2 atom stereocenters. The van der Waals surface area contributed by atoms with Gasteiger partial charge in [-0.15, -0.1) is 0 Å². The van der Waals surface area contributed by atoms with Gasteiger partial charge in [0.1, 0.15) is 5.82 Å². The molecule has 2 unspecified atom stereocenters. The Kier molecular flexibility index (Phi) is 5.15. The molecule has 0 heterocycles. The van der Waals surface area contributed by atoms with Crippen LogP contribution >= 0.6 is 15.9 Å². The first kappa shape index (κ1) is 14.0. The minimum Gasteiger partial charge on any atom is -0.396 e. The van der Waals surface area contributed by atoms with E-state index in [1.54, 1.807) is 6.07 Å². The fourth-order valence-electron chi connectivity index (χ4n) is 2.68. The molecule has 1 aliphatic carbocycles. The van der Waals surface area contributed by atoms with Gasteiger partial charge in [-0.25, -0.2) is 4.39 Å². The van der Waals surface area contributed by atoms with Crippen LogP contribution in [0.3, 0.4) is 0 Å². The van der Waals surface area contributed by atoms with Gasteiger partial charge in [-0.3, -0.25) is 0 Å². The fourth-order valence-corrected chi connectivity index (χ4v) is 3.01. The number of nitrogens with one attached hydrogen (secondary N) is 1. The van der Waals surface area contributed by atoms with E-state index in [-0.39, 0.29) is 12.4 Å². The summed E-state index contributed by atoms with van der Waals surface area (Å²) in [4.78, 5) is 0. The molecule has 2 nitrogen and oxygen atoms in total. The van der Waals surface area contributed by atoms with Crippen molar-refractivity contribution in [1.29, 1.82) is 0 Å². The lowest BCUT2D eigenvalue weighted by Crippen LogP contribution is -2.26. The Morgan fingerprint density at radius 1 is 1.33 bits per heavy atom. The number of halogens is 2. The summed E-state index contributed by atoms with van der Waals surface area (Å²) >= 11 is 3.25. The number of hydrogen-bond acceptors (Lipinski definition) is 2. The summed E-state index contributed by atoms with van der Waals surface area (Å²) in [6, 6.07) is 5.14. The molecule has 4 heteroatoms. The summed E-state index contributed by atoms with van der Waals surface area (Å²) in [5.41, 5.74) is 0.691. The molecule has 1 aromatic carbocycles. The van der Waals surface area contributed by atoms with Gasteiger partial charge in [-0.1, -0.05) is 28.4 Å². The summed E-state index contributed by atoms with van der Waals surface area (Å²) in [6.07, 6.45) is 3.49. The number of hydrogen-bond donors (Lipinski definition) is 2. The van der Waals surface area contributed by atoms with Crippen molar-refractivity contribution in [3.05, 3.63) is 34.1 Å². The third-order valence-corrected chi connectivity index (χ3v) is 4.28. The molecule has 18 heavy (non-hydrogen) atoms. The summed E-state index contributed by atoms with van der Waals surface area (Å²) < 4.78 is 14.3. The molecule has 0 saturated heterocycles. The Bertz CT molecular complexity index is 399. The standard InChI is InChI=1S/C14H19BrFNO/c15-13-5-4-11(14(16)6-13)8-17-7-10-2-1-3-12(10)9-18/h4-6,10,12,17-18H,1-3,7-9H2. The Balaban J connectivity index is 1.81. The first-order chi connectivity index (χ1) is 8.70. The zero-order valence-electron chi connectivity index (χ0n) is 10.3. The number of rotatable bonds is 5. The first-order valence-corrected chi connectivity index (χ1v) is 7.25. The van der Waals surface area contributed by atoms with Crippen molar-refractivity contribution >= 4 is 15.9 Å². The van der Waals surface area contributed by atoms with Gasteiger partial charge in [0.15, 0.2) is 0 Å². The second kappa shape index (κ2) is 6.64. The van der Waals surface area contributed by atoms with E-state index in [1.165, 1.54) is 18.9 Å². The van der Waals surface area contributed by atoms with Gasteiger partial charge < -0.3 is 10.4 Å². The van der Waals surface area contributed by atoms with Crippen LogP contribution in [-0.4, -0.2) is 18.3 Å². The van der Waals surface area contributed by atoms with Gasteiger partial charge in [0, 0.05) is 23.2 Å². The van der Waals surface area contributed by atoms with E-state index < -0.39 is 0 Å². The largest absolute Gasteiger partial charge is 0.396 e. The Labute approximate surface area is 116 Å². The normalized spacial score (nSPS) is 23.5. The molecule has 2 N–H and O–H groups in total. The molecule has 2 rings (SSSR count). The lowest BCUT2D eigenvalue weighted by Gasteiger charge is -2.18. The second-order valence-electron chi connectivity index (χ2n) is 5.00. The van der Waals surface area contributed by atoms with Crippen LogP contribution in [0.1, 0.15) is 24.8 Å². The third-order valence-electron chi connectivity index (χ3n) is 3.79. The highest BCUT2D eigenvalue weighted by Gasteiger charge is 2.25. The zero-order valence-corrected chi connectivity index (χ0v) is 11.9. The highest BCUT2D eigenvalue weighted by atomic mass is 79.9. The SMILES string of the molecule is OCC1CCCC1CNCc1ccc(Br)cc1F. The van der Waals surface area contributed by atoms with Crippen molar-refractivity contribution < 1.29 is 9.50 Å². The average molecular weight is 316 g/mol. The van der Waals surface area contributed by atoms with Crippen LogP contribution in [-0.2, 0) is 6.54 Å². The molecule has 1 fully saturated rings. The molecule has 0 aliphatic heterocycles. The molecule has 1 aliphatic rings. The van der Waals surface area contributed by atoms with Crippen molar-refractivity contribution in [3.8, 4) is 0 Å². The van der Waals surface area contributed by atoms with Gasteiger partial charge in [-0.05, 0) is 43.4 Å². The maximum Gasteiger partial charge on any atom is 0.128 e. The number of benzene rings is 1. The van der Waals surface area contributed by atoms with Crippen molar-refractivity contribution in [3.63, 3.8) is 0 Å². The highest BCUT2D eigenvalue weighted by Crippen LogP contribution is 2.30. The van der Waals surface area contributed by atoms with Crippen LogP contribution in [0.25, 0.3) is 0 Å². The molecule has 0 amide bonds. The van der Waals surface area contributed by atoms with E-state index in [9.17, 15) is 9.50 Å². The number of aliphatic hydroxyl groups excluding tert-OH is 1. The van der Waals surface area contributed by atoms with Crippen LogP contribution in [0.15, 0.2) is 22.7 Å². The molecule has 0 spiro atoms. The van der Waals surface area contributed by atoms with Gasteiger partial charge in [0.2, 0.25) is 0 Å². The minimum atomic E-state index is -0.179. The summed E-state index contributed by atoms with van der Waals surface area (Å²) in [7, 11) is 0. The van der Waals surface area contributed by atoms with E-state index in [0.717, 1.165) is 17.4 Å². The topological polar surface area (TPSA) is 32.3 Å². The lowest BCUT2D eigenvalue weighted by atomic mass is 9.97. The predicted molar refractivity (Wildman–Crippen MR) is 73.7 cm³/mol. The van der Waals surface area contributed by atoms with Crippen molar-refractivity contribution in [2.75, 3.05) is 13.2 Å². The predicted octanol–water partition coefficient (Wildman–Crippen LogP) is 3.09. The molecule has 1 aromatic rings. The summed E-state index contributed by atoms with van der Waals surface area (Å²) in [5.74, 6) is 0.780. The van der Waals surface area contributed by atoms with E-state index in [0.29, 0.717) is 23.9 Å². The van der Waals surface area contributed by atoms with Gasteiger partial charge in [0.25, 0.3) is 0 Å². The van der Waals surface area contributed by atoms with Gasteiger partial charge in [0.05, 0.1) is 0 Å². The second-order valence-corrected chi connectivity index (χ2v) is 5.92. The summed E-state index contributed by atoms with van der Waals surface area (Å²) in [6.45, 7) is 1.69. The van der Waals surface area contributed by atoms with E-state index in [4.69, 9.17) is 0 Å². The summed E-state index contributed by atoms with van der Waals surface area (Å²) in [5, 5.41) is 12.5. The molecule has 0 radical (unpaired) electrons. The zero-order chi connectivity index (χ0) is 13.0. The maximum atomic E-state index is 13.6. The lowest BCUT2D eigenvalue weighted by molar-refractivity contribution is 0.192. The third kappa shape index (κ3) is 3.53.